The van der Waals surface area contributed by atoms with Crippen molar-refractivity contribution in [3.05, 3.63) is 52.9 Å². The normalized spacial score (nSPS) is 19.5. The van der Waals surface area contributed by atoms with Crippen molar-refractivity contribution in [1.82, 2.24) is 15.3 Å². The van der Waals surface area contributed by atoms with E-state index in [2.05, 4.69) is 20.6 Å². The summed E-state index contributed by atoms with van der Waals surface area (Å²) in [5.41, 5.74) is 4.48. The van der Waals surface area contributed by atoms with E-state index >= 15 is 0 Å². The van der Waals surface area contributed by atoms with Gasteiger partial charge in [0, 0.05) is 42.4 Å². The zero-order valence-corrected chi connectivity index (χ0v) is 20.2. The molecule has 3 aliphatic rings. The topological polar surface area (TPSA) is 97.5 Å². The lowest BCUT2D eigenvalue weighted by Crippen LogP contribution is -2.39. The Hall–Kier alpha value is -3.23. The first-order valence-electron chi connectivity index (χ1n) is 11.9. The highest BCUT2D eigenvalue weighted by Crippen LogP contribution is 2.54. The molecular formula is C26H27ClN4O4. The number of aromatic nitrogens is 2. The average Bonchev–Trinajstić information content (AvgIpc) is 3.51. The van der Waals surface area contributed by atoms with E-state index < -0.39 is 0 Å². The molecule has 8 nitrogen and oxygen atoms in total. The second-order valence-corrected chi connectivity index (χ2v) is 9.73. The van der Waals surface area contributed by atoms with Gasteiger partial charge in [0.1, 0.15) is 5.75 Å². The SMILES string of the molecule is COc1c(Cl)cccc1Nc1c(-c2ccncc2OCC[C@H]2CCO2)[nH]c2c1C(=O)NCC21CC1. The minimum Gasteiger partial charge on any atom is -0.493 e. The maximum Gasteiger partial charge on any atom is 0.255 e. The number of methoxy groups -OCH3 is 1. The first-order valence-corrected chi connectivity index (χ1v) is 12.3. The van der Waals surface area contributed by atoms with Crippen LogP contribution in [0.4, 0.5) is 11.4 Å². The molecule has 2 aromatic heterocycles. The first-order chi connectivity index (χ1) is 17.1. The van der Waals surface area contributed by atoms with Crippen molar-refractivity contribution in [2.45, 2.75) is 37.2 Å². The molecule has 3 N–H and O–H groups in total. The summed E-state index contributed by atoms with van der Waals surface area (Å²) in [5, 5.41) is 7.02. The van der Waals surface area contributed by atoms with Gasteiger partial charge in [-0.05, 0) is 37.5 Å². The summed E-state index contributed by atoms with van der Waals surface area (Å²) >= 11 is 6.39. The van der Waals surface area contributed by atoms with E-state index in [-0.39, 0.29) is 17.4 Å². The number of nitrogens with one attached hydrogen (secondary N) is 3. The number of carbonyl (C=O) groups is 1. The van der Waals surface area contributed by atoms with Crippen molar-refractivity contribution in [3.8, 4) is 22.8 Å². The van der Waals surface area contributed by atoms with Crippen molar-refractivity contribution in [1.29, 1.82) is 0 Å². The van der Waals surface area contributed by atoms with Crippen LogP contribution >= 0.6 is 11.6 Å². The van der Waals surface area contributed by atoms with Crippen molar-refractivity contribution in [2.24, 2.45) is 0 Å². The summed E-state index contributed by atoms with van der Waals surface area (Å²) in [7, 11) is 1.58. The molecule has 182 valence electrons. The zero-order valence-electron chi connectivity index (χ0n) is 19.4. The Labute approximate surface area is 208 Å². The molecule has 1 saturated carbocycles. The minimum atomic E-state index is -0.109. The molecular weight excluding hydrogens is 468 g/mol. The molecule has 0 radical (unpaired) electrons. The average molecular weight is 495 g/mol. The predicted molar refractivity (Wildman–Crippen MR) is 133 cm³/mol. The van der Waals surface area contributed by atoms with Gasteiger partial charge in [0.05, 0.1) is 53.7 Å². The second-order valence-electron chi connectivity index (χ2n) is 9.32. The number of hydrogen-bond acceptors (Lipinski definition) is 6. The lowest BCUT2D eigenvalue weighted by atomic mass is 9.93. The molecule has 1 saturated heterocycles. The summed E-state index contributed by atoms with van der Waals surface area (Å²) in [4.78, 5) is 21.1. The van der Waals surface area contributed by atoms with Gasteiger partial charge >= 0.3 is 0 Å². The fraction of sp³-hybridized carbons (Fsp3) is 0.385. The van der Waals surface area contributed by atoms with Gasteiger partial charge in [-0.2, -0.15) is 0 Å². The van der Waals surface area contributed by atoms with E-state index in [0.717, 1.165) is 49.2 Å². The molecule has 2 aliphatic heterocycles. The molecule has 1 aromatic carbocycles. The largest absolute Gasteiger partial charge is 0.493 e. The van der Waals surface area contributed by atoms with E-state index in [1.807, 2.05) is 18.2 Å². The maximum atomic E-state index is 13.2. The van der Waals surface area contributed by atoms with E-state index in [4.69, 9.17) is 25.8 Å². The van der Waals surface area contributed by atoms with E-state index in [1.54, 1.807) is 25.6 Å². The van der Waals surface area contributed by atoms with Crippen LogP contribution in [0.1, 0.15) is 41.7 Å². The number of carbonyl (C=O) groups excluding carboxylic acids is 1. The smallest absolute Gasteiger partial charge is 0.255 e. The van der Waals surface area contributed by atoms with E-state index in [0.29, 0.717) is 46.6 Å². The molecule has 4 heterocycles. The van der Waals surface area contributed by atoms with E-state index in [1.165, 1.54) is 0 Å². The molecule has 6 rings (SSSR count). The fourth-order valence-corrected chi connectivity index (χ4v) is 5.17. The van der Waals surface area contributed by atoms with Gasteiger partial charge in [-0.3, -0.25) is 9.78 Å². The van der Waals surface area contributed by atoms with Gasteiger partial charge in [-0.1, -0.05) is 17.7 Å². The van der Waals surface area contributed by atoms with Crippen molar-refractivity contribution < 1.29 is 19.0 Å². The number of benzene rings is 1. The third-order valence-electron chi connectivity index (χ3n) is 7.17. The number of H-pyrrole nitrogens is 1. The van der Waals surface area contributed by atoms with Crippen LogP contribution in [-0.2, 0) is 10.2 Å². The molecule has 3 aromatic rings. The lowest BCUT2D eigenvalue weighted by Gasteiger charge is -2.26. The molecule has 2 fully saturated rings. The fourth-order valence-electron chi connectivity index (χ4n) is 4.92. The number of aromatic amines is 1. The number of halogens is 1. The van der Waals surface area contributed by atoms with Crippen molar-refractivity contribution in [2.75, 3.05) is 32.2 Å². The summed E-state index contributed by atoms with van der Waals surface area (Å²) in [6.45, 7) is 1.99. The standard InChI is InChI=1S/C26H27ClN4O4/c1-33-23-17(27)3-2-4-18(23)30-22-20-24(26(8-9-26)14-29-25(20)32)31-21(22)16-5-10-28-13-19(16)35-12-7-15-6-11-34-15/h2-5,10,13,15,30-31H,6-9,11-12,14H2,1H3,(H,29,32)/t15-/m1/s1. The van der Waals surface area contributed by atoms with Crippen molar-refractivity contribution in [3.63, 3.8) is 0 Å². The molecule has 1 amide bonds. The molecule has 35 heavy (non-hydrogen) atoms. The first kappa shape index (κ1) is 22.2. The van der Waals surface area contributed by atoms with Crippen molar-refractivity contribution >= 4 is 28.9 Å². The quantitative estimate of drug-likeness (QED) is 0.415. The number of nitrogens with zero attached hydrogens (tertiary/aromatic N) is 1. The number of pyridine rings is 1. The lowest BCUT2D eigenvalue weighted by molar-refractivity contribution is -0.0596. The van der Waals surface area contributed by atoms with Gasteiger partial charge in [-0.15, -0.1) is 0 Å². The molecule has 0 unspecified atom stereocenters. The molecule has 1 aliphatic carbocycles. The van der Waals surface area contributed by atoms with Gasteiger partial charge in [0.2, 0.25) is 0 Å². The van der Waals surface area contributed by atoms with Crippen LogP contribution < -0.4 is 20.1 Å². The number of hydrogen-bond donors (Lipinski definition) is 3. The number of amides is 1. The zero-order chi connectivity index (χ0) is 24.0. The molecule has 1 spiro atoms. The highest BCUT2D eigenvalue weighted by Gasteiger charge is 2.51. The predicted octanol–water partition coefficient (Wildman–Crippen LogP) is 4.82. The van der Waals surface area contributed by atoms with Crippen LogP contribution in [0.3, 0.4) is 0 Å². The van der Waals surface area contributed by atoms with Crippen LogP contribution in [-0.4, -0.2) is 48.8 Å². The van der Waals surface area contributed by atoms with Crippen LogP contribution in [0.2, 0.25) is 5.02 Å². The summed E-state index contributed by atoms with van der Waals surface area (Å²) in [6, 6.07) is 7.40. The molecule has 9 heteroatoms. The highest BCUT2D eigenvalue weighted by molar-refractivity contribution is 6.32. The summed E-state index contributed by atoms with van der Waals surface area (Å²) in [5.74, 6) is 1.05. The monoisotopic (exact) mass is 494 g/mol. The number of ether oxygens (including phenoxy) is 3. The Morgan fingerprint density at radius 1 is 1.31 bits per heavy atom. The number of para-hydroxylation sites is 1. The molecule has 1 atom stereocenters. The Morgan fingerprint density at radius 2 is 2.17 bits per heavy atom. The Balaban J connectivity index is 1.44. The van der Waals surface area contributed by atoms with Crippen LogP contribution in [0, 0.1) is 0 Å². The van der Waals surface area contributed by atoms with Gasteiger partial charge in [0.15, 0.2) is 5.75 Å². The van der Waals surface area contributed by atoms with Crippen LogP contribution in [0.15, 0.2) is 36.7 Å². The third-order valence-corrected chi connectivity index (χ3v) is 7.47. The summed E-state index contributed by atoms with van der Waals surface area (Å²) < 4.78 is 17.2. The number of anilines is 2. The third kappa shape index (κ3) is 3.90. The summed E-state index contributed by atoms with van der Waals surface area (Å²) in [6.07, 6.45) is 7.66. The number of rotatable bonds is 8. The Kier molecular flexibility index (Phi) is 5.57. The van der Waals surface area contributed by atoms with Gasteiger partial charge in [-0.25, -0.2) is 0 Å². The van der Waals surface area contributed by atoms with Crippen LogP contribution in [0.25, 0.3) is 11.3 Å². The van der Waals surface area contributed by atoms with Gasteiger partial charge < -0.3 is 29.8 Å². The Bertz CT molecular complexity index is 1280. The number of fused-ring (bicyclic) bond motifs is 2. The maximum absolute atomic E-state index is 13.2. The second kappa shape index (κ2) is 8.77. The highest BCUT2D eigenvalue weighted by atomic mass is 35.5. The minimum absolute atomic E-state index is 0.0496. The van der Waals surface area contributed by atoms with Crippen LogP contribution in [0.5, 0.6) is 11.5 Å². The van der Waals surface area contributed by atoms with E-state index in [9.17, 15) is 4.79 Å². The van der Waals surface area contributed by atoms with Gasteiger partial charge in [0.25, 0.3) is 5.91 Å². The molecule has 0 bridgehead atoms. The Morgan fingerprint density at radius 3 is 2.91 bits per heavy atom.